The van der Waals surface area contributed by atoms with Gasteiger partial charge in [0, 0.05) is 29.3 Å². The number of hydrogen-bond acceptors (Lipinski definition) is 3. The van der Waals surface area contributed by atoms with E-state index in [1.54, 1.807) is 24.3 Å². The molecule has 0 aromatic heterocycles. The Balaban J connectivity index is 2.57. The fourth-order valence-corrected chi connectivity index (χ4v) is 2.10. The largest absolute Gasteiger partial charge is 0.326 e. The predicted molar refractivity (Wildman–Crippen MR) is 84.9 cm³/mol. The number of likely N-dealkylation sites (N-methyl/N-ethyl adjacent to an activating group) is 1. The molecule has 6 heteroatoms. The third-order valence-corrected chi connectivity index (χ3v) is 2.57. The van der Waals surface area contributed by atoms with Crippen molar-refractivity contribution < 1.29 is 9.59 Å². The van der Waals surface area contributed by atoms with Gasteiger partial charge in [0.15, 0.2) is 0 Å². The number of nitrogens with zero attached hydrogens (tertiary/aromatic N) is 1. The van der Waals surface area contributed by atoms with Gasteiger partial charge in [-0.25, -0.2) is 0 Å². The van der Waals surface area contributed by atoms with Crippen molar-refractivity contribution in [1.82, 2.24) is 4.90 Å². The molecule has 0 aliphatic carbocycles. The van der Waals surface area contributed by atoms with Gasteiger partial charge < -0.3 is 10.6 Å². The maximum Gasteiger partial charge on any atom is 0.238 e. The van der Waals surface area contributed by atoms with Gasteiger partial charge in [-0.15, -0.1) is 0 Å². The monoisotopic (exact) mass is 339 g/mol. The minimum Gasteiger partial charge on any atom is -0.326 e. The van der Waals surface area contributed by atoms with Crippen molar-refractivity contribution >= 4 is 39.1 Å². The molecule has 0 aliphatic rings. The van der Waals surface area contributed by atoms with Crippen molar-refractivity contribution in [3.63, 3.8) is 0 Å². The Bertz CT molecular complexity index is 517. The number of hydrogen-bond donors (Lipinski definition) is 2. The molecule has 108 valence electrons. The maximum atomic E-state index is 11.9. The summed E-state index contributed by atoms with van der Waals surface area (Å²) in [5.41, 5.74) is 1.30. The Morgan fingerprint density at radius 2 is 1.85 bits per heavy atom. The van der Waals surface area contributed by atoms with Gasteiger partial charge in [-0.3, -0.25) is 14.5 Å². The van der Waals surface area contributed by atoms with Crippen LogP contribution in [0, 0.1) is 0 Å². The summed E-state index contributed by atoms with van der Waals surface area (Å²) in [5, 5.41) is 5.45. The molecule has 20 heavy (non-hydrogen) atoms. The zero-order chi connectivity index (χ0) is 15.1. The van der Waals surface area contributed by atoms with Crippen LogP contribution in [0.3, 0.4) is 0 Å². The van der Waals surface area contributed by atoms with Crippen molar-refractivity contribution in [3.05, 3.63) is 35.3 Å². The van der Waals surface area contributed by atoms with E-state index in [-0.39, 0.29) is 18.4 Å². The highest BCUT2D eigenvalue weighted by Gasteiger charge is 2.07. The van der Waals surface area contributed by atoms with Crippen LogP contribution in [0.2, 0.25) is 0 Å². The van der Waals surface area contributed by atoms with Gasteiger partial charge >= 0.3 is 0 Å². The van der Waals surface area contributed by atoms with E-state index in [2.05, 4.69) is 33.1 Å². The Morgan fingerprint density at radius 1 is 1.25 bits per heavy atom. The molecule has 1 rings (SSSR count). The fourth-order valence-electron chi connectivity index (χ4n) is 1.67. The minimum atomic E-state index is -0.149. The second-order valence-electron chi connectivity index (χ2n) is 4.50. The van der Waals surface area contributed by atoms with Gasteiger partial charge in [0.25, 0.3) is 0 Å². The lowest BCUT2D eigenvalue weighted by atomic mass is 10.2. The van der Waals surface area contributed by atoms with Gasteiger partial charge in [0.1, 0.15) is 0 Å². The van der Waals surface area contributed by atoms with Crippen LogP contribution in [0.1, 0.15) is 6.92 Å². The fraction of sp³-hybridized carbons (Fsp3) is 0.286. The molecule has 1 aromatic carbocycles. The third kappa shape index (κ3) is 6.49. The standard InChI is InChI=1S/C14H18BrN3O2/c1-10(15)8-18(3)9-14(20)17-13-6-4-5-12(7-13)16-11(2)19/h4-7H,1,8-9H2,2-3H3,(H,16,19)(H,17,20). The van der Waals surface area contributed by atoms with E-state index in [4.69, 9.17) is 0 Å². The first-order valence-corrected chi connectivity index (χ1v) is 6.85. The molecule has 0 bridgehead atoms. The molecule has 0 saturated heterocycles. The molecule has 0 unspecified atom stereocenters. The minimum absolute atomic E-state index is 0.124. The van der Waals surface area contributed by atoms with Crippen molar-refractivity contribution in [1.29, 1.82) is 0 Å². The van der Waals surface area contributed by atoms with Gasteiger partial charge in [-0.1, -0.05) is 28.6 Å². The van der Waals surface area contributed by atoms with Gasteiger partial charge in [-0.2, -0.15) is 0 Å². The van der Waals surface area contributed by atoms with E-state index < -0.39 is 0 Å². The highest BCUT2D eigenvalue weighted by Crippen LogP contribution is 2.15. The first kappa shape index (κ1) is 16.4. The summed E-state index contributed by atoms with van der Waals surface area (Å²) >= 11 is 3.26. The van der Waals surface area contributed by atoms with Crippen molar-refractivity contribution in [2.75, 3.05) is 30.8 Å². The molecule has 0 radical (unpaired) electrons. The van der Waals surface area contributed by atoms with Crippen LogP contribution in [0.15, 0.2) is 35.3 Å². The van der Waals surface area contributed by atoms with E-state index in [0.717, 1.165) is 4.48 Å². The number of rotatable bonds is 6. The number of anilines is 2. The first-order valence-electron chi connectivity index (χ1n) is 6.06. The van der Waals surface area contributed by atoms with Crippen LogP contribution in [-0.4, -0.2) is 36.9 Å². The van der Waals surface area contributed by atoms with Crippen molar-refractivity contribution in [3.8, 4) is 0 Å². The molecule has 0 spiro atoms. The average molecular weight is 340 g/mol. The maximum absolute atomic E-state index is 11.9. The van der Waals surface area contributed by atoms with E-state index in [9.17, 15) is 9.59 Å². The number of benzene rings is 1. The van der Waals surface area contributed by atoms with Crippen LogP contribution >= 0.6 is 15.9 Å². The summed E-state index contributed by atoms with van der Waals surface area (Å²) in [6, 6.07) is 7.01. The second kappa shape index (κ2) is 7.81. The molecule has 0 fully saturated rings. The average Bonchev–Trinajstić information content (AvgIpc) is 2.26. The highest BCUT2D eigenvalue weighted by molar-refractivity contribution is 9.11. The molecular weight excluding hydrogens is 322 g/mol. The number of amides is 2. The molecule has 2 amide bonds. The summed E-state index contributed by atoms with van der Waals surface area (Å²) in [4.78, 5) is 24.7. The topological polar surface area (TPSA) is 61.4 Å². The van der Waals surface area contributed by atoms with Gasteiger partial charge in [0.2, 0.25) is 11.8 Å². The van der Waals surface area contributed by atoms with Crippen LogP contribution in [0.4, 0.5) is 11.4 Å². The lowest BCUT2D eigenvalue weighted by Crippen LogP contribution is -2.30. The molecule has 5 nitrogen and oxygen atoms in total. The highest BCUT2D eigenvalue weighted by atomic mass is 79.9. The van der Waals surface area contributed by atoms with E-state index in [1.165, 1.54) is 6.92 Å². The molecular formula is C14H18BrN3O2. The quantitative estimate of drug-likeness (QED) is 0.836. The number of carbonyl (C=O) groups is 2. The van der Waals surface area contributed by atoms with Gasteiger partial charge in [-0.05, 0) is 25.2 Å². The SMILES string of the molecule is C=C(Br)CN(C)CC(=O)Nc1cccc(NC(C)=O)c1. The van der Waals surface area contributed by atoms with Crippen LogP contribution in [0.5, 0.6) is 0 Å². The second-order valence-corrected chi connectivity index (χ2v) is 5.62. The zero-order valence-corrected chi connectivity index (χ0v) is 13.2. The molecule has 0 atom stereocenters. The molecule has 0 aliphatic heterocycles. The summed E-state index contributed by atoms with van der Waals surface area (Å²) in [5.74, 6) is -0.273. The summed E-state index contributed by atoms with van der Waals surface area (Å²) in [6.45, 7) is 6.02. The molecule has 2 N–H and O–H groups in total. The summed E-state index contributed by atoms with van der Waals surface area (Å²) < 4.78 is 0.820. The Hall–Kier alpha value is -1.66. The van der Waals surface area contributed by atoms with Crippen LogP contribution < -0.4 is 10.6 Å². The third-order valence-electron chi connectivity index (χ3n) is 2.32. The lowest BCUT2D eigenvalue weighted by molar-refractivity contribution is -0.117. The van der Waals surface area contributed by atoms with Crippen LogP contribution in [0.25, 0.3) is 0 Å². The predicted octanol–water partition coefficient (Wildman–Crippen LogP) is 2.42. The Kier molecular flexibility index (Phi) is 6.41. The lowest BCUT2D eigenvalue weighted by Gasteiger charge is -2.15. The summed E-state index contributed by atoms with van der Waals surface area (Å²) in [7, 11) is 1.83. The molecule has 0 saturated carbocycles. The zero-order valence-electron chi connectivity index (χ0n) is 11.6. The number of carbonyl (C=O) groups excluding carboxylic acids is 2. The first-order chi connectivity index (χ1) is 9.36. The molecule has 0 heterocycles. The summed E-state index contributed by atoms with van der Waals surface area (Å²) in [6.07, 6.45) is 0. The van der Waals surface area contributed by atoms with E-state index in [1.807, 2.05) is 11.9 Å². The number of nitrogens with one attached hydrogen (secondary N) is 2. The Labute approximate surface area is 127 Å². The van der Waals surface area contributed by atoms with Crippen molar-refractivity contribution in [2.24, 2.45) is 0 Å². The normalized spacial score (nSPS) is 10.2. The number of halogens is 1. The smallest absolute Gasteiger partial charge is 0.238 e. The van der Waals surface area contributed by atoms with Crippen molar-refractivity contribution in [2.45, 2.75) is 6.92 Å². The van der Waals surface area contributed by atoms with E-state index in [0.29, 0.717) is 17.9 Å². The van der Waals surface area contributed by atoms with Gasteiger partial charge in [0.05, 0.1) is 6.54 Å². The molecule has 1 aromatic rings. The van der Waals surface area contributed by atoms with E-state index >= 15 is 0 Å². The Morgan fingerprint density at radius 3 is 2.40 bits per heavy atom. The van der Waals surface area contributed by atoms with Crippen LogP contribution in [-0.2, 0) is 9.59 Å².